The minimum absolute atomic E-state index is 0.662. The average molecular weight is 224 g/mol. The van der Waals surface area contributed by atoms with Gasteiger partial charge >= 0.3 is 0 Å². The van der Waals surface area contributed by atoms with E-state index in [2.05, 4.69) is 4.98 Å². The number of aromatic amines is 1. The van der Waals surface area contributed by atoms with Crippen LogP contribution in [0.3, 0.4) is 0 Å². The quantitative estimate of drug-likeness (QED) is 0.768. The summed E-state index contributed by atoms with van der Waals surface area (Å²) in [5, 5.41) is 6.37. The fourth-order valence-electron chi connectivity index (χ4n) is 1.36. The second-order valence-electron chi connectivity index (χ2n) is 2.98. The monoisotopic (exact) mass is 224 g/mol. The van der Waals surface area contributed by atoms with Crippen LogP contribution < -0.4 is 5.14 Å². The summed E-state index contributed by atoms with van der Waals surface area (Å²) in [6.45, 7) is 6.00. The Morgan fingerprint density at radius 1 is 1.33 bits per heavy atom. The van der Waals surface area contributed by atoms with Crippen molar-refractivity contribution in [3.05, 3.63) is 30.0 Å². The first-order valence-electron chi connectivity index (χ1n) is 4.92. The van der Waals surface area contributed by atoms with Gasteiger partial charge in [-0.05, 0) is 30.7 Å². The average Bonchev–Trinajstić information content (AvgIpc) is 2.63. The first-order valence-corrected chi connectivity index (χ1v) is 6.13. The molecule has 0 saturated heterocycles. The lowest BCUT2D eigenvalue weighted by molar-refractivity contribution is 0.684. The van der Waals surface area contributed by atoms with Gasteiger partial charge in [-0.3, -0.25) is 0 Å². The third-order valence-corrected chi connectivity index (χ3v) is 2.81. The van der Waals surface area contributed by atoms with Gasteiger partial charge in [0.25, 0.3) is 0 Å². The van der Waals surface area contributed by atoms with E-state index in [1.54, 1.807) is 6.07 Å². The molecule has 0 spiro atoms. The molecule has 1 unspecified atom stereocenters. The molecule has 0 bridgehead atoms. The number of nitrogens with two attached hydrogens (primary N) is 1. The molecular formula is C11H16N2OS. The Hall–Kier alpha value is -1.13. The molecule has 15 heavy (non-hydrogen) atoms. The van der Waals surface area contributed by atoms with Gasteiger partial charge < -0.3 is 4.98 Å². The van der Waals surface area contributed by atoms with Gasteiger partial charge in [-0.25, -0.2) is 9.35 Å². The summed E-state index contributed by atoms with van der Waals surface area (Å²) in [7, 11) is -1.39. The third kappa shape index (κ3) is 2.46. The highest BCUT2D eigenvalue weighted by Crippen LogP contribution is 2.19. The van der Waals surface area contributed by atoms with E-state index < -0.39 is 11.0 Å². The fourth-order valence-corrected chi connectivity index (χ4v) is 1.80. The van der Waals surface area contributed by atoms with Crippen LogP contribution in [0.15, 0.2) is 29.3 Å². The van der Waals surface area contributed by atoms with Crippen molar-refractivity contribution >= 4 is 21.9 Å². The summed E-state index contributed by atoms with van der Waals surface area (Å²) < 4.78 is 11.0. The predicted molar refractivity (Wildman–Crippen MR) is 65.0 cm³/mol. The van der Waals surface area contributed by atoms with E-state index in [-0.39, 0.29) is 0 Å². The maximum absolute atomic E-state index is 11.0. The van der Waals surface area contributed by atoms with Crippen LogP contribution in [0.2, 0.25) is 0 Å². The van der Waals surface area contributed by atoms with Gasteiger partial charge in [-0.2, -0.15) is 0 Å². The Labute approximate surface area is 92.3 Å². The first kappa shape index (κ1) is 11.9. The third-order valence-electron chi connectivity index (χ3n) is 2.09. The van der Waals surface area contributed by atoms with Crippen LogP contribution in [-0.2, 0) is 11.0 Å². The van der Waals surface area contributed by atoms with Crippen molar-refractivity contribution in [2.45, 2.75) is 25.7 Å². The molecule has 1 aromatic carbocycles. The van der Waals surface area contributed by atoms with Gasteiger partial charge in [0.05, 0.1) is 4.90 Å². The Morgan fingerprint density at radius 2 is 2.00 bits per heavy atom. The number of rotatable bonds is 1. The standard InChI is InChI=1S/C9H10N2OS.C2H6/c1-6-5-11-9-3-2-7(13(10)12)4-8(6)9;1-2/h2-5,11H,10H2,1H3;1-2H3. The van der Waals surface area contributed by atoms with Crippen LogP contribution in [0, 0.1) is 6.92 Å². The molecular weight excluding hydrogens is 208 g/mol. The second-order valence-corrected chi connectivity index (χ2v) is 4.04. The van der Waals surface area contributed by atoms with E-state index in [1.807, 2.05) is 39.1 Å². The molecule has 4 heteroatoms. The van der Waals surface area contributed by atoms with Crippen LogP contribution in [0.1, 0.15) is 19.4 Å². The highest BCUT2D eigenvalue weighted by Gasteiger charge is 2.02. The highest BCUT2D eigenvalue weighted by atomic mass is 32.2. The molecule has 3 nitrogen and oxygen atoms in total. The van der Waals surface area contributed by atoms with Gasteiger partial charge in [0.1, 0.15) is 11.0 Å². The summed E-state index contributed by atoms with van der Waals surface area (Å²) >= 11 is 0. The number of H-pyrrole nitrogens is 1. The lowest BCUT2D eigenvalue weighted by atomic mass is 10.2. The number of aromatic nitrogens is 1. The number of fused-ring (bicyclic) bond motifs is 1. The zero-order chi connectivity index (χ0) is 11.4. The van der Waals surface area contributed by atoms with Crippen molar-refractivity contribution in [3.63, 3.8) is 0 Å². The lowest BCUT2D eigenvalue weighted by Gasteiger charge is -1.96. The van der Waals surface area contributed by atoms with Crippen LogP contribution in [0.4, 0.5) is 0 Å². The molecule has 0 amide bonds. The van der Waals surface area contributed by atoms with Gasteiger partial charge in [0.2, 0.25) is 0 Å². The van der Waals surface area contributed by atoms with Gasteiger partial charge in [-0.15, -0.1) is 0 Å². The number of aryl methyl sites for hydroxylation is 1. The van der Waals surface area contributed by atoms with Crippen LogP contribution in [-0.4, -0.2) is 9.19 Å². The molecule has 82 valence electrons. The number of nitrogens with one attached hydrogen (secondary N) is 1. The van der Waals surface area contributed by atoms with Crippen LogP contribution in [0.25, 0.3) is 10.9 Å². The molecule has 0 aliphatic carbocycles. The van der Waals surface area contributed by atoms with E-state index in [4.69, 9.17) is 5.14 Å². The smallest absolute Gasteiger partial charge is 0.122 e. The summed E-state index contributed by atoms with van der Waals surface area (Å²) in [5.74, 6) is 0. The van der Waals surface area contributed by atoms with Crippen molar-refractivity contribution in [1.29, 1.82) is 0 Å². The summed E-state index contributed by atoms with van der Waals surface area (Å²) in [5.41, 5.74) is 2.19. The van der Waals surface area contributed by atoms with E-state index in [1.165, 1.54) is 0 Å². The van der Waals surface area contributed by atoms with E-state index in [0.717, 1.165) is 16.5 Å². The summed E-state index contributed by atoms with van der Waals surface area (Å²) in [4.78, 5) is 3.78. The molecule has 0 saturated carbocycles. The largest absolute Gasteiger partial charge is 0.361 e. The van der Waals surface area contributed by atoms with Gasteiger partial charge in [-0.1, -0.05) is 13.8 Å². The second kappa shape index (κ2) is 5.09. The van der Waals surface area contributed by atoms with Gasteiger partial charge in [0.15, 0.2) is 0 Å². The first-order chi connectivity index (χ1) is 7.18. The molecule has 1 heterocycles. The van der Waals surface area contributed by atoms with E-state index in [9.17, 15) is 4.21 Å². The molecule has 0 aliphatic heterocycles. The molecule has 2 aromatic rings. The summed E-state index contributed by atoms with van der Waals surface area (Å²) in [6.07, 6.45) is 1.92. The maximum Gasteiger partial charge on any atom is 0.122 e. The lowest BCUT2D eigenvalue weighted by Crippen LogP contribution is -2.01. The van der Waals surface area contributed by atoms with Crippen molar-refractivity contribution in [3.8, 4) is 0 Å². The number of hydrogen-bond acceptors (Lipinski definition) is 1. The predicted octanol–water partition coefficient (Wildman–Crippen LogP) is 2.48. The minimum Gasteiger partial charge on any atom is -0.361 e. The Balaban J connectivity index is 0.000000531. The minimum atomic E-state index is -1.39. The molecule has 3 N–H and O–H groups in total. The van der Waals surface area contributed by atoms with Crippen LogP contribution in [0.5, 0.6) is 0 Å². The Morgan fingerprint density at radius 3 is 2.60 bits per heavy atom. The number of benzene rings is 1. The summed E-state index contributed by atoms with van der Waals surface area (Å²) in [6, 6.07) is 5.52. The van der Waals surface area contributed by atoms with E-state index >= 15 is 0 Å². The molecule has 0 aliphatic rings. The van der Waals surface area contributed by atoms with Crippen molar-refractivity contribution in [1.82, 2.24) is 4.98 Å². The maximum atomic E-state index is 11.0. The number of hydrogen-bond donors (Lipinski definition) is 2. The molecule has 1 aromatic heterocycles. The van der Waals surface area contributed by atoms with Crippen molar-refractivity contribution in [2.24, 2.45) is 5.14 Å². The zero-order valence-electron chi connectivity index (χ0n) is 9.20. The van der Waals surface area contributed by atoms with Gasteiger partial charge in [0, 0.05) is 17.1 Å². The van der Waals surface area contributed by atoms with Crippen LogP contribution >= 0.6 is 0 Å². The SMILES string of the molecule is CC.Cc1c[nH]c2ccc(S(N)=O)cc12. The zero-order valence-corrected chi connectivity index (χ0v) is 10.0. The molecule has 0 fully saturated rings. The molecule has 1 atom stereocenters. The topological polar surface area (TPSA) is 58.9 Å². The Kier molecular flexibility index (Phi) is 4.05. The Bertz CT molecular complexity index is 476. The van der Waals surface area contributed by atoms with E-state index in [0.29, 0.717) is 4.90 Å². The normalized spacial score (nSPS) is 12.0. The fraction of sp³-hybridized carbons (Fsp3) is 0.273. The van der Waals surface area contributed by atoms with Crippen molar-refractivity contribution in [2.75, 3.05) is 0 Å². The molecule has 2 rings (SSSR count). The van der Waals surface area contributed by atoms with Crippen molar-refractivity contribution < 1.29 is 4.21 Å². The molecule has 0 radical (unpaired) electrons. The highest BCUT2D eigenvalue weighted by molar-refractivity contribution is 7.82.